The predicted octanol–water partition coefficient (Wildman–Crippen LogP) is 3.29. The molecule has 1 aliphatic rings. The molecule has 1 unspecified atom stereocenters. The second-order valence-corrected chi connectivity index (χ2v) is 8.98. The summed E-state index contributed by atoms with van der Waals surface area (Å²) >= 11 is 0. The van der Waals surface area contributed by atoms with Gasteiger partial charge in [-0.2, -0.15) is 17.0 Å². The number of hydrogen-bond acceptors (Lipinski definition) is 5. The Balaban J connectivity index is 1.81. The second kappa shape index (κ2) is 8.98. The van der Waals surface area contributed by atoms with Crippen LogP contribution in [0.1, 0.15) is 44.0 Å². The molecule has 8 heteroatoms. The van der Waals surface area contributed by atoms with Crippen LogP contribution in [0.25, 0.3) is 0 Å². The average Bonchev–Trinajstić information content (AvgIpc) is 2.69. The van der Waals surface area contributed by atoms with Crippen molar-refractivity contribution < 1.29 is 8.42 Å². The standard InChI is InChI=1S/C20H29N5O2S/c1-4-24(5-2)28(26,27)25-12-8-9-17(15-25)19-14-18(13-16(3)22-19)23-20-10-6-7-11-21-20/h6-7,10-11,13-14,17H,4-5,8-9,12,15H2,1-3H3,(H,21,22,23). The fraction of sp³-hybridized carbons (Fsp3) is 0.500. The highest BCUT2D eigenvalue weighted by atomic mass is 32.2. The molecule has 7 nitrogen and oxygen atoms in total. The number of nitrogens with zero attached hydrogens (tertiary/aromatic N) is 4. The molecule has 0 saturated carbocycles. The zero-order valence-corrected chi connectivity index (χ0v) is 17.6. The second-order valence-electron chi connectivity index (χ2n) is 7.05. The van der Waals surface area contributed by atoms with E-state index in [1.807, 2.05) is 51.1 Å². The van der Waals surface area contributed by atoms with Crippen LogP contribution in [0.15, 0.2) is 36.5 Å². The summed E-state index contributed by atoms with van der Waals surface area (Å²) in [5.41, 5.74) is 2.75. The molecule has 0 aliphatic carbocycles. The predicted molar refractivity (Wildman–Crippen MR) is 112 cm³/mol. The van der Waals surface area contributed by atoms with Crippen molar-refractivity contribution in [2.45, 2.75) is 39.5 Å². The summed E-state index contributed by atoms with van der Waals surface area (Å²) in [5.74, 6) is 0.858. The van der Waals surface area contributed by atoms with E-state index in [2.05, 4.69) is 10.3 Å². The van der Waals surface area contributed by atoms with E-state index >= 15 is 0 Å². The minimum Gasteiger partial charge on any atom is -0.340 e. The quantitative estimate of drug-likeness (QED) is 0.767. The molecule has 1 atom stereocenters. The lowest BCUT2D eigenvalue weighted by atomic mass is 9.95. The van der Waals surface area contributed by atoms with Gasteiger partial charge >= 0.3 is 0 Å². The Morgan fingerprint density at radius 1 is 1.25 bits per heavy atom. The maximum atomic E-state index is 12.9. The van der Waals surface area contributed by atoms with Gasteiger partial charge in [0.2, 0.25) is 0 Å². The molecule has 0 spiro atoms. The SMILES string of the molecule is CCN(CC)S(=O)(=O)N1CCCC(c2cc(Nc3ccccn3)cc(C)n2)C1. The van der Waals surface area contributed by atoms with Gasteiger partial charge in [-0.05, 0) is 44.0 Å². The highest BCUT2D eigenvalue weighted by Gasteiger charge is 2.33. The molecule has 2 aromatic heterocycles. The van der Waals surface area contributed by atoms with E-state index in [0.717, 1.165) is 35.7 Å². The van der Waals surface area contributed by atoms with Gasteiger partial charge < -0.3 is 5.32 Å². The maximum Gasteiger partial charge on any atom is 0.281 e. The Morgan fingerprint density at radius 2 is 2.04 bits per heavy atom. The molecule has 152 valence electrons. The number of nitrogens with one attached hydrogen (secondary N) is 1. The fourth-order valence-electron chi connectivity index (χ4n) is 3.67. The maximum absolute atomic E-state index is 12.9. The van der Waals surface area contributed by atoms with Crippen LogP contribution in [0.3, 0.4) is 0 Å². The summed E-state index contributed by atoms with van der Waals surface area (Å²) in [7, 11) is -3.42. The third-order valence-corrected chi connectivity index (χ3v) is 7.22. The van der Waals surface area contributed by atoms with Crippen LogP contribution in [0.5, 0.6) is 0 Å². The smallest absolute Gasteiger partial charge is 0.281 e. The van der Waals surface area contributed by atoms with E-state index in [-0.39, 0.29) is 5.92 Å². The van der Waals surface area contributed by atoms with E-state index in [0.29, 0.717) is 26.2 Å². The van der Waals surface area contributed by atoms with Crippen molar-refractivity contribution in [1.29, 1.82) is 0 Å². The first kappa shape index (κ1) is 20.7. The number of anilines is 2. The monoisotopic (exact) mass is 403 g/mol. The zero-order valence-electron chi connectivity index (χ0n) is 16.8. The van der Waals surface area contributed by atoms with Gasteiger partial charge in [-0.25, -0.2) is 4.98 Å². The molecule has 3 heterocycles. The molecule has 1 fully saturated rings. The van der Waals surface area contributed by atoms with Gasteiger partial charge in [0.05, 0.1) is 0 Å². The normalized spacial score (nSPS) is 18.4. The Hall–Kier alpha value is -2.03. The molecule has 0 amide bonds. The van der Waals surface area contributed by atoms with Gasteiger partial charge in [0.15, 0.2) is 0 Å². The van der Waals surface area contributed by atoms with Gasteiger partial charge in [-0.1, -0.05) is 19.9 Å². The summed E-state index contributed by atoms with van der Waals surface area (Å²) in [6.07, 6.45) is 3.52. The minimum absolute atomic E-state index is 0.0864. The van der Waals surface area contributed by atoms with Gasteiger partial charge in [0, 0.05) is 55.4 Å². The van der Waals surface area contributed by atoms with Crippen molar-refractivity contribution >= 4 is 21.7 Å². The van der Waals surface area contributed by atoms with E-state index < -0.39 is 10.2 Å². The minimum atomic E-state index is -3.42. The molecule has 1 N–H and O–H groups in total. The molecule has 1 saturated heterocycles. The van der Waals surface area contributed by atoms with Crippen LogP contribution in [0, 0.1) is 6.92 Å². The lowest BCUT2D eigenvalue weighted by Crippen LogP contribution is -2.47. The first-order chi connectivity index (χ1) is 13.4. The van der Waals surface area contributed by atoms with E-state index in [1.165, 1.54) is 4.31 Å². The van der Waals surface area contributed by atoms with E-state index in [9.17, 15) is 8.42 Å². The Kier molecular flexibility index (Phi) is 6.64. The Bertz CT molecular complexity index is 885. The summed E-state index contributed by atoms with van der Waals surface area (Å²) in [5, 5.41) is 3.31. The number of rotatable bonds is 7. The highest BCUT2D eigenvalue weighted by Crippen LogP contribution is 2.30. The first-order valence-electron chi connectivity index (χ1n) is 9.86. The zero-order chi connectivity index (χ0) is 20.1. The van der Waals surface area contributed by atoms with Crippen molar-refractivity contribution in [1.82, 2.24) is 18.6 Å². The van der Waals surface area contributed by atoms with Crippen molar-refractivity contribution in [2.75, 3.05) is 31.5 Å². The highest BCUT2D eigenvalue weighted by molar-refractivity contribution is 7.86. The number of hydrogen-bond donors (Lipinski definition) is 1. The summed E-state index contributed by atoms with van der Waals surface area (Å²) < 4.78 is 29.0. The van der Waals surface area contributed by atoms with Crippen molar-refractivity contribution in [3.63, 3.8) is 0 Å². The molecule has 3 rings (SSSR count). The molecule has 0 aromatic carbocycles. The van der Waals surface area contributed by atoms with Crippen molar-refractivity contribution in [3.05, 3.63) is 47.9 Å². The van der Waals surface area contributed by atoms with Crippen molar-refractivity contribution in [2.24, 2.45) is 0 Å². The lowest BCUT2D eigenvalue weighted by molar-refractivity contribution is 0.285. The van der Waals surface area contributed by atoms with Crippen LogP contribution in [-0.4, -0.2) is 53.2 Å². The third-order valence-electron chi connectivity index (χ3n) is 5.07. The lowest BCUT2D eigenvalue weighted by Gasteiger charge is -2.35. The largest absolute Gasteiger partial charge is 0.340 e. The average molecular weight is 404 g/mol. The molecular weight excluding hydrogens is 374 g/mol. The molecule has 0 bridgehead atoms. The number of pyridine rings is 2. The molecule has 2 aromatic rings. The molecule has 0 radical (unpaired) electrons. The van der Waals surface area contributed by atoms with Crippen LogP contribution >= 0.6 is 0 Å². The topological polar surface area (TPSA) is 78.4 Å². The number of aromatic nitrogens is 2. The Morgan fingerprint density at radius 3 is 2.71 bits per heavy atom. The van der Waals surface area contributed by atoms with Crippen molar-refractivity contribution in [3.8, 4) is 0 Å². The van der Waals surface area contributed by atoms with Gasteiger partial charge in [-0.15, -0.1) is 0 Å². The van der Waals surface area contributed by atoms with E-state index in [4.69, 9.17) is 4.98 Å². The van der Waals surface area contributed by atoms with Gasteiger partial charge in [0.25, 0.3) is 10.2 Å². The van der Waals surface area contributed by atoms with Gasteiger partial charge in [-0.3, -0.25) is 4.98 Å². The van der Waals surface area contributed by atoms with Gasteiger partial charge in [0.1, 0.15) is 5.82 Å². The van der Waals surface area contributed by atoms with Crippen LogP contribution in [-0.2, 0) is 10.2 Å². The van der Waals surface area contributed by atoms with Crippen LogP contribution < -0.4 is 5.32 Å². The Labute approximate surface area is 168 Å². The number of aryl methyl sites for hydroxylation is 1. The fourth-order valence-corrected chi connectivity index (χ4v) is 5.37. The van der Waals surface area contributed by atoms with E-state index in [1.54, 1.807) is 10.5 Å². The first-order valence-corrected chi connectivity index (χ1v) is 11.3. The molecule has 1 aliphatic heterocycles. The molecular formula is C20H29N5O2S. The van der Waals surface area contributed by atoms with Crippen LogP contribution in [0.4, 0.5) is 11.5 Å². The summed E-state index contributed by atoms with van der Waals surface area (Å²) in [6, 6.07) is 9.71. The third kappa shape index (κ3) is 4.68. The van der Waals surface area contributed by atoms with Crippen LogP contribution in [0.2, 0.25) is 0 Å². The number of piperidine rings is 1. The summed E-state index contributed by atoms with van der Waals surface area (Å²) in [6.45, 7) is 7.72. The summed E-state index contributed by atoms with van der Waals surface area (Å²) in [4.78, 5) is 9.01. The molecule has 28 heavy (non-hydrogen) atoms.